The van der Waals surface area contributed by atoms with Gasteiger partial charge in [-0.3, -0.25) is 14.4 Å². The third kappa shape index (κ3) is 4.41. The Balaban J connectivity index is 1.25. The molecule has 0 bridgehead atoms. The smallest absolute Gasteiger partial charge is 0.354 e. The van der Waals surface area contributed by atoms with Crippen LogP contribution in [0.2, 0.25) is 0 Å². The Bertz CT molecular complexity index is 1740. The highest BCUT2D eigenvalue weighted by molar-refractivity contribution is 6.10. The summed E-state index contributed by atoms with van der Waals surface area (Å²) >= 11 is 0. The minimum atomic E-state index is -0.619. The summed E-state index contributed by atoms with van der Waals surface area (Å²) in [5.74, 6) is -0.253. The van der Waals surface area contributed by atoms with Crippen LogP contribution in [0.15, 0.2) is 30.0 Å². The van der Waals surface area contributed by atoms with Crippen molar-refractivity contribution in [1.82, 2.24) is 20.2 Å². The number of H-pyrrole nitrogens is 2. The molecule has 44 heavy (non-hydrogen) atoms. The Morgan fingerprint density at radius 1 is 1.09 bits per heavy atom. The van der Waals surface area contributed by atoms with E-state index in [0.29, 0.717) is 51.8 Å². The number of esters is 1. The van der Waals surface area contributed by atoms with E-state index in [1.165, 1.54) is 27.4 Å². The van der Waals surface area contributed by atoms with Gasteiger partial charge in [-0.25, -0.2) is 4.79 Å². The minimum absolute atomic E-state index is 0.000562. The molecule has 2 fully saturated rings. The van der Waals surface area contributed by atoms with Crippen LogP contribution >= 0.6 is 0 Å². The summed E-state index contributed by atoms with van der Waals surface area (Å²) in [4.78, 5) is 59.1. The number of ether oxygens (including phenoxy) is 4. The zero-order valence-electron chi connectivity index (χ0n) is 25.2. The molecule has 2 amide bonds. The normalized spacial score (nSPS) is 20.4. The van der Waals surface area contributed by atoms with E-state index in [4.69, 9.17) is 24.7 Å². The third-order valence-corrected chi connectivity index (χ3v) is 8.83. The number of nitrogens with zero attached hydrogens (tertiary/aromatic N) is 1. The monoisotopic (exact) mass is 605 g/mol. The fourth-order valence-corrected chi connectivity index (χ4v) is 6.40. The predicted octanol–water partition coefficient (Wildman–Crippen LogP) is 2.27. The maximum Gasteiger partial charge on any atom is 0.354 e. The van der Waals surface area contributed by atoms with Crippen molar-refractivity contribution in [2.45, 2.75) is 31.7 Å². The Kier molecular flexibility index (Phi) is 7.15. The van der Waals surface area contributed by atoms with E-state index in [9.17, 15) is 19.2 Å². The molecular formula is C31H35N5O8. The number of nitrogens with two attached hydrogens (primary N) is 1. The van der Waals surface area contributed by atoms with Crippen molar-refractivity contribution in [1.29, 1.82) is 0 Å². The number of hydrogen-bond donors (Lipinski definition) is 4. The number of ketones is 1. The van der Waals surface area contributed by atoms with Crippen LogP contribution in [-0.4, -0.2) is 85.5 Å². The number of amides is 2. The number of carbonyl (C=O) groups excluding carboxylic acids is 4. The van der Waals surface area contributed by atoms with E-state index < -0.39 is 17.4 Å². The van der Waals surface area contributed by atoms with Gasteiger partial charge in [0.05, 0.1) is 45.1 Å². The minimum Gasteiger partial charge on any atom is -0.493 e. The molecule has 6 rings (SSSR count). The second-order valence-electron chi connectivity index (χ2n) is 11.6. The number of carbonyl (C=O) groups is 4. The number of likely N-dealkylation sites (tertiary alicyclic amines) is 1. The number of allylic oxidation sites excluding steroid dienone is 2. The molecule has 5 N–H and O–H groups in total. The number of benzene rings is 1. The molecule has 13 heteroatoms. The van der Waals surface area contributed by atoms with Crippen LogP contribution < -0.4 is 25.3 Å². The highest BCUT2D eigenvalue weighted by atomic mass is 16.5. The van der Waals surface area contributed by atoms with Gasteiger partial charge in [-0.2, -0.15) is 0 Å². The standard InChI is InChI=1S/C31H35N5O8/c1-14(2)23(32)28(38)33-6-7-44-26-21(41-3)9-15-8-18(34-24(15)27(26)42-4)29(39)36-13-16-12-31(16)17-10-19(30(40)43-5)35-25(17)20(37)11-22(31)36/h8-11,14,16,23,34-35H,6-7,12-13,32H2,1-5H3,(H,33,38)/t16-,23+,31+/m1/s1. The first-order valence-electron chi connectivity index (χ1n) is 14.4. The summed E-state index contributed by atoms with van der Waals surface area (Å²) < 4.78 is 22.1. The maximum absolute atomic E-state index is 13.9. The molecule has 2 aliphatic carbocycles. The molecule has 232 valence electrons. The van der Waals surface area contributed by atoms with Crippen LogP contribution in [0.25, 0.3) is 10.9 Å². The van der Waals surface area contributed by atoms with Crippen molar-refractivity contribution in [2.24, 2.45) is 17.6 Å². The lowest BCUT2D eigenvalue weighted by molar-refractivity contribution is -0.123. The number of hydrogen-bond acceptors (Lipinski definition) is 9. The zero-order chi connectivity index (χ0) is 31.5. The van der Waals surface area contributed by atoms with E-state index in [2.05, 4.69) is 15.3 Å². The van der Waals surface area contributed by atoms with E-state index in [0.717, 1.165) is 12.0 Å². The molecule has 1 saturated heterocycles. The molecule has 3 aromatic rings. The summed E-state index contributed by atoms with van der Waals surface area (Å²) in [5.41, 5.74) is 8.17. The number of nitrogens with one attached hydrogen (secondary N) is 3. The molecule has 2 aromatic heterocycles. The first kappa shape index (κ1) is 29.3. The number of fused-ring (bicyclic) bond motifs is 2. The second kappa shape index (κ2) is 10.7. The fraction of sp³-hybridized carbons (Fsp3) is 0.419. The van der Waals surface area contributed by atoms with Gasteiger partial charge >= 0.3 is 5.97 Å². The van der Waals surface area contributed by atoms with E-state index in [1.807, 2.05) is 13.8 Å². The molecule has 3 heterocycles. The average molecular weight is 606 g/mol. The van der Waals surface area contributed by atoms with Gasteiger partial charge in [-0.15, -0.1) is 0 Å². The lowest BCUT2D eigenvalue weighted by Gasteiger charge is -2.27. The summed E-state index contributed by atoms with van der Waals surface area (Å²) in [6, 6.07) is 4.50. The van der Waals surface area contributed by atoms with E-state index in [1.54, 1.807) is 23.1 Å². The van der Waals surface area contributed by atoms with Crippen LogP contribution in [0, 0.1) is 11.8 Å². The third-order valence-electron chi connectivity index (χ3n) is 8.83. The van der Waals surface area contributed by atoms with E-state index >= 15 is 0 Å². The number of aromatic nitrogens is 2. The van der Waals surface area contributed by atoms with Gasteiger partial charge in [0.1, 0.15) is 18.0 Å². The molecular weight excluding hydrogens is 570 g/mol. The highest BCUT2D eigenvalue weighted by Gasteiger charge is 2.68. The zero-order valence-corrected chi connectivity index (χ0v) is 25.2. The molecule has 0 radical (unpaired) electrons. The van der Waals surface area contributed by atoms with Crippen LogP contribution in [0.3, 0.4) is 0 Å². The fourth-order valence-electron chi connectivity index (χ4n) is 6.40. The first-order chi connectivity index (χ1) is 21.0. The van der Waals surface area contributed by atoms with Gasteiger partial charge in [-0.05, 0) is 42.0 Å². The van der Waals surface area contributed by atoms with Crippen molar-refractivity contribution < 1.29 is 38.1 Å². The van der Waals surface area contributed by atoms with Crippen LogP contribution in [0.5, 0.6) is 17.2 Å². The largest absolute Gasteiger partial charge is 0.493 e. The van der Waals surface area contributed by atoms with Crippen LogP contribution in [0.4, 0.5) is 0 Å². The Hall–Kier alpha value is -4.78. The van der Waals surface area contributed by atoms with Gasteiger partial charge in [0.25, 0.3) is 5.91 Å². The van der Waals surface area contributed by atoms with Crippen molar-refractivity contribution in [2.75, 3.05) is 41.0 Å². The van der Waals surface area contributed by atoms with Gasteiger partial charge in [0, 0.05) is 29.1 Å². The van der Waals surface area contributed by atoms with Crippen molar-refractivity contribution in [3.63, 3.8) is 0 Å². The Morgan fingerprint density at radius 3 is 2.55 bits per heavy atom. The lowest BCUT2D eigenvalue weighted by Crippen LogP contribution is -2.45. The topological polar surface area (TPSA) is 178 Å². The SMILES string of the molecule is COC(=O)c1cc2c([nH]1)C(=O)C=C1N(C(=O)c3cc4cc(OC)c(OCCNC(=O)[C@@H](N)C(C)C)c(OC)c4[nH]3)C[C@H]3C[C@@]123. The van der Waals surface area contributed by atoms with Gasteiger partial charge in [0.2, 0.25) is 17.4 Å². The summed E-state index contributed by atoms with van der Waals surface area (Å²) in [6.45, 7) is 4.52. The van der Waals surface area contributed by atoms with Crippen molar-refractivity contribution in [3.05, 3.63) is 52.6 Å². The number of rotatable bonds is 10. The predicted molar refractivity (Wildman–Crippen MR) is 158 cm³/mol. The number of methoxy groups -OCH3 is 3. The molecule has 1 saturated carbocycles. The number of aromatic amines is 2. The molecule has 13 nitrogen and oxygen atoms in total. The van der Waals surface area contributed by atoms with Gasteiger partial charge < -0.3 is 44.9 Å². The van der Waals surface area contributed by atoms with Crippen LogP contribution in [-0.2, 0) is 14.9 Å². The first-order valence-corrected chi connectivity index (χ1v) is 14.4. The van der Waals surface area contributed by atoms with Gasteiger partial charge in [0.15, 0.2) is 11.5 Å². The highest BCUT2D eigenvalue weighted by Crippen LogP contribution is 2.66. The van der Waals surface area contributed by atoms with E-state index in [-0.39, 0.29) is 48.3 Å². The molecule has 1 aliphatic heterocycles. The van der Waals surface area contributed by atoms with Crippen molar-refractivity contribution in [3.8, 4) is 17.2 Å². The maximum atomic E-state index is 13.9. The summed E-state index contributed by atoms with van der Waals surface area (Å²) in [7, 11) is 4.27. The second-order valence-corrected chi connectivity index (χ2v) is 11.6. The molecule has 3 aliphatic rings. The Morgan fingerprint density at radius 2 is 1.86 bits per heavy atom. The van der Waals surface area contributed by atoms with Crippen molar-refractivity contribution >= 4 is 34.5 Å². The molecule has 1 spiro atoms. The number of piperidine rings is 1. The van der Waals surface area contributed by atoms with Gasteiger partial charge in [-0.1, -0.05) is 13.8 Å². The molecule has 1 aromatic carbocycles. The average Bonchev–Trinajstić information content (AvgIpc) is 3.33. The molecule has 0 unspecified atom stereocenters. The summed E-state index contributed by atoms with van der Waals surface area (Å²) in [6.07, 6.45) is 2.28. The Labute approximate surface area is 253 Å². The molecule has 3 atom stereocenters. The lowest BCUT2D eigenvalue weighted by atomic mass is 9.85. The summed E-state index contributed by atoms with van der Waals surface area (Å²) in [5, 5.41) is 3.42. The quantitative estimate of drug-likeness (QED) is 0.199. The van der Waals surface area contributed by atoms with Crippen LogP contribution in [0.1, 0.15) is 57.3 Å².